The van der Waals surface area contributed by atoms with Crippen molar-refractivity contribution in [1.82, 2.24) is 9.80 Å². The van der Waals surface area contributed by atoms with Crippen LogP contribution in [0.3, 0.4) is 0 Å². The second-order valence-corrected chi connectivity index (χ2v) is 6.05. The van der Waals surface area contributed by atoms with Crippen molar-refractivity contribution in [2.24, 2.45) is 0 Å². The van der Waals surface area contributed by atoms with Gasteiger partial charge in [-0.25, -0.2) is 0 Å². The Kier molecular flexibility index (Phi) is 4.28. The number of thioether (sulfide) groups is 2. The molecule has 0 bridgehead atoms. The molecule has 0 radical (unpaired) electrons. The Balaban J connectivity index is 1.69. The molecule has 2 aliphatic rings. The van der Waals surface area contributed by atoms with Gasteiger partial charge in [0.15, 0.2) is 0 Å². The van der Waals surface area contributed by atoms with Crippen molar-refractivity contribution in [2.45, 2.75) is 0 Å². The van der Waals surface area contributed by atoms with Crippen molar-refractivity contribution in [2.75, 3.05) is 55.9 Å². The summed E-state index contributed by atoms with van der Waals surface area (Å²) in [6.07, 6.45) is 0. The Labute approximate surface area is 89.4 Å². The van der Waals surface area contributed by atoms with Crippen molar-refractivity contribution >= 4 is 23.5 Å². The molecule has 0 unspecified atom stereocenters. The maximum absolute atomic E-state index is 2.60. The van der Waals surface area contributed by atoms with Crippen LogP contribution < -0.4 is 0 Å². The van der Waals surface area contributed by atoms with Gasteiger partial charge < -0.3 is 0 Å². The molecular formula is C9H18N2S2. The summed E-state index contributed by atoms with van der Waals surface area (Å²) in [5, 5.41) is 0. The van der Waals surface area contributed by atoms with E-state index in [9.17, 15) is 0 Å². The first-order chi connectivity index (χ1) is 6.45. The summed E-state index contributed by atoms with van der Waals surface area (Å²) in [7, 11) is 0. The molecule has 2 rings (SSSR count). The average molecular weight is 218 g/mol. The van der Waals surface area contributed by atoms with Crippen LogP contribution in [0.5, 0.6) is 0 Å². The molecule has 0 aromatic rings. The predicted octanol–water partition coefficient (Wildman–Crippen LogP) is 1.04. The topological polar surface area (TPSA) is 6.48 Å². The van der Waals surface area contributed by atoms with Crippen LogP contribution in [0.4, 0.5) is 0 Å². The molecule has 13 heavy (non-hydrogen) atoms. The zero-order chi connectivity index (χ0) is 8.93. The predicted molar refractivity (Wildman–Crippen MR) is 62.7 cm³/mol. The van der Waals surface area contributed by atoms with Gasteiger partial charge in [0, 0.05) is 49.2 Å². The van der Waals surface area contributed by atoms with Gasteiger partial charge in [-0.3, -0.25) is 9.80 Å². The highest BCUT2D eigenvalue weighted by molar-refractivity contribution is 7.99. The fourth-order valence-corrected chi connectivity index (χ4v) is 3.73. The van der Waals surface area contributed by atoms with Crippen LogP contribution in [0.1, 0.15) is 0 Å². The van der Waals surface area contributed by atoms with Crippen molar-refractivity contribution in [3.8, 4) is 0 Å². The molecule has 0 aromatic heterocycles. The summed E-state index contributed by atoms with van der Waals surface area (Å²) in [5.41, 5.74) is 0. The number of nitrogens with zero attached hydrogens (tertiary/aromatic N) is 2. The molecule has 2 heterocycles. The quantitative estimate of drug-likeness (QED) is 0.683. The molecule has 2 saturated heterocycles. The monoisotopic (exact) mass is 218 g/mol. The zero-order valence-electron chi connectivity index (χ0n) is 8.07. The molecule has 2 nitrogen and oxygen atoms in total. The molecule has 2 fully saturated rings. The fraction of sp³-hybridized carbons (Fsp3) is 1.00. The van der Waals surface area contributed by atoms with E-state index in [0.29, 0.717) is 0 Å². The van der Waals surface area contributed by atoms with E-state index in [1.54, 1.807) is 0 Å². The fourth-order valence-electron chi connectivity index (χ4n) is 1.77. The van der Waals surface area contributed by atoms with Crippen molar-refractivity contribution in [1.29, 1.82) is 0 Å². The molecule has 76 valence electrons. The van der Waals surface area contributed by atoms with E-state index in [1.165, 1.54) is 55.9 Å². The lowest BCUT2D eigenvalue weighted by molar-refractivity contribution is 0.152. The minimum atomic E-state index is 1.22. The van der Waals surface area contributed by atoms with Crippen LogP contribution in [-0.2, 0) is 0 Å². The highest BCUT2D eigenvalue weighted by Gasteiger charge is 2.15. The zero-order valence-corrected chi connectivity index (χ0v) is 9.71. The third-order valence-electron chi connectivity index (χ3n) is 2.61. The molecular weight excluding hydrogens is 200 g/mol. The first kappa shape index (κ1) is 10.1. The highest BCUT2D eigenvalue weighted by Crippen LogP contribution is 2.13. The lowest BCUT2D eigenvalue weighted by Gasteiger charge is -2.34. The first-order valence-corrected chi connectivity index (χ1v) is 7.36. The minimum Gasteiger partial charge on any atom is -0.289 e. The van der Waals surface area contributed by atoms with E-state index in [2.05, 4.69) is 33.3 Å². The van der Waals surface area contributed by atoms with Crippen molar-refractivity contribution in [3.05, 3.63) is 0 Å². The van der Waals surface area contributed by atoms with Gasteiger partial charge >= 0.3 is 0 Å². The lowest BCUT2D eigenvalue weighted by atomic mass is 10.5. The molecule has 0 atom stereocenters. The van der Waals surface area contributed by atoms with Crippen LogP contribution in [-0.4, -0.2) is 65.7 Å². The van der Waals surface area contributed by atoms with Crippen LogP contribution >= 0.6 is 23.5 Å². The SMILES string of the molecule is C1CN(CN2CCSCC2)CCS1. The average Bonchev–Trinajstić information content (AvgIpc) is 2.21. The summed E-state index contributed by atoms with van der Waals surface area (Å²) < 4.78 is 0. The normalized spacial score (nSPS) is 27.7. The third kappa shape index (κ3) is 3.35. The van der Waals surface area contributed by atoms with Crippen molar-refractivity contribution in [3.63, 3.8) is 0 Å². The highest BCUT2D eigenvalue weighted by atomic mass is 32.2. The second-order valence-electron chi connectivity index (χ2n) is 3.60. The first-order valence-electron chi connectivity index (χ1n) is 5.05. The van der Waals surface area contributed by atoms with Gasteiger partial charge in [0.05, 0.1) is 6.67 Å². The minimum absolute atomic E-state index is 1.22. The van der Waals surface area contributed by atoms with Crippen molar-refractivity contribution < 1.29 is 0 Å². The van der Waals surface area contributed by atoms with Gasteiger partial charge in [0.25, 0.3) is 0 Å². The lowest BCUT2D eigenvalue weighted by Crippen LogP contribution is -2.45. The molecule has 0 amide bonds. The van der Waals surface area contributed by atoms with Gasteiger partial charge in [0.2, 0.25) is 0 Å². The molecule has 0 aliphatic carbocycles. The summed E-state index contributed by atoms with van der Waals surface area (Å²) in [6.45, 7) is 6.42. The summed E-state index contributed by atoms with van der Waals surface area (Å²) >= 11 is 4.19. The van der Waals surface area contributed by atoms with E-state index in [0.717, 1.165) is 0 Å². The maximum Gasteiger partial charge on any atom is 0.0507 e. The van der Waals surface area contributed by atoms with Gasteiger partial charge in [-0.05, 0) is 0 Å². The van der Waals surface area contributed by atoms with E-state index >= 15 is 0 Å². The van der Waals surface area contributed by atoms with E-state index in [1.807, 2.05) is 0 Å². The Bertz CT molecular complexity index is 127. The van der Waals surface area contributed by atoms with E-state index < -0.39 is 0 Å². The Morgan fingerprint density at radius 1 is 0.692 bits per heavy atom. The summed E-state index contributed by atoms with van der Waals surface area (Å²) in [4.78, 5) is 5.21. The molecule has 4 heteroatoms. The molecule has 0 spiro atoms. The number of hydrogen-bond donors (Lipinski definition) is 0. The van der Waals surface area contributed by atoms with Crippen LogP contribution in [0.2, 0.25) is 0 Å². The van der Waals surface area contributed by atoms with Crippen LogP contribution in [0.15, 0.2) is 0 Å². The smallest absolute Gasteiger partial charge is 0.0507 e. The Morgan fingerprint density at radius 2 is 1.08 bits per heavy atom. The van der Waals surface area contributed by atoms with Gasteiger partial charge in [-0.1, -0.05) is 0 Å². The summed E-state index contributed by atoms with van der Waals surface area (Å²) in [6, 6.07) is 0. The second kappa shape index (κ2) is 5.49. The third-order valence-corrected chi connectivity index (χ3v) is 4.49. The molecule has 0 saturated carbocycles. The maximum atomic E-state index is 2.60. The van der Waals surface area contributed by atoms with Crippen LogP contribution in [0.25, 0.3) is 0 Å². The summed E-state index contributed by atoms with van der Waals surface area (Å²) in [5.74, 6) is 5.34. The van der Waals surface area contributed by atoms with E-state index in [-0.39, 0.29) is 0 Å². The standard InChI is InChI=1S/C9H18N2S2/c1-5-12-6-2-10(1)9-11-3-7-13-8-4-11/h1-9H2. The van der Waals surface area contributed by atoms with Gasteiger partial charge in [-0.15, -0.1) is 0 Å². The molecule has 0 N–H and O–H groups in total. The van der Waals surface area contributed by atoms with Gasteiger partial charge in [0.1, 0.15) is 0 Å². The Morgan fingerprint density at radius 3 is 1.46 bits per heavy atom. The number of hydrogen-bond acceptors (Lipinski definition) is 4. The van der Waals surface area contributed by atoms with Crippen LogP contribution in [0, 0.1) is 0 Å². The molecule has 0 aromatic carbocycles. The number of rotatable bonds is 2. The molecule has 2 aliphatic heterocycles. The van der Waals surface area contributed by atoms with E-state index in [4.69, 9.17) is 0 Å². The Hall–Kier alpha value is 0.620. The largest absolute Gasteiger partial charge is 0.289 e. The van der Waals surface area contributed by atoms with Gasteiger partial charge in [-0.2, -0.15) is 23.5 Å².